The zero-order valence-corrected chi connectivity index (χ0v) is 8.97. The molecule has 0 unspecified atom stereocenters. The minimum absolute atomic E-state index is 0.0451. The Bertz CT molecular complexity index is 510. The fourth-order valence-corrected chi connectivity index (χ4v) is 2.18. The molecule has 0 radical (unpaired) electrons. The number of aryl methyl sites for hydroxylation is 1. The SMILES string of the molecule is Cc1cccc(-n2sccc2=O)c1C. The van der Waals surface area contributed by atoms with Crippen molar-refractivity contribution in [3.05, 3.63) is 51.1 Å². The highest BCUT2D eigenvalue weighted by Crippen LogP contribution is 2.17. The van der Waals surface area contributed by atoms with Gasteiger partial charge in [0.25, 0.3) is 5.56 Å². The maximum atomic E-state index is 11.5. The molecule has 1 heterocycles. The molecule has 0 spiro atoms. The van der Waals surface area contributed by atoms with Crippen LogP contribution in [0.2, 0.25) is 0 Å². The summed E-state index contributed by atoms with van der Waals surface area (Å²) in [6, 6.07) is 7.59. The molecule has 0 aliphatic heterocycles. The summed E-state index contributed by atoms with van der Waals surface area (Å²) in [6.07, 6.45) is 0. The molecule has 1 aromatic heterocycles. The van der Waals surface area contributed by atoms with Crippen molar-refractivity contribution < 1.29 is 0 Å². The van der Waals surface area contributed by atoms with Gasteiger partial charge in [-0.3, -0.25) is 4.79 Å². The van der Waals surface area contributed by atoms with Gasteiger partial charge in [0.15, 0.2) is 0 Å². The summed E-state index contributed by atoms with van der Waals surface area (Å²) in [5.74, 6) is 0. The van der Waals surface area contributed by atoms with E-state index in [0.29, 0.717) is 0 Å². The molecule has 14 heavy (non-hydrogen) atoms. The van der Waals surface area contributed by atoms with Crippen LogP contribution < -0.4 is 5.56 Å². The predicted octanol–water partition coefficient (Wildman–Crippen LogP) is 2.52. The van der Waals surface area contributed by atoms with Gasteiger partial charge in [-0.05, 0) is 31.0 Å². The lowest BCUT2D eigenvalue weighted by molar-refractivity contribution is 1.10. The predicted molar refractivity (Wildman–Crippen MR) is 59.4 cm³/mol. The van der Waals surface area contributed by atoms with Gasteiger partial charge >= 0.3 is 0 Å². The van der Waals surface area contributed by atoms with Gasteiger partial charge in [-0.15, -0.1) is 0 Å². The molecule has 0 amide bonds. The van der Waals surface area contributed by atoms with Crippen molar-refractivity contribution in [1.29, 1.82) is 0 Å². The third-order valence-corrected chi connectivity index (χ3v) is 3.22. The number of hydrogen-bond acceptors (Lipinski definition) is 2. The summed E-state index contributed by atoms with van der Waals surface area (Å²) in [6.45, 7) is 4.09. The summed E-state index contributed by atoms with van der Waals surface area (Å²) < 4.78 is 1.71. The Morgan fingerprint density at radius 2 is 2.00 bits per heavy atom. The van der Waals surface area contributed by atoms with Crippen LogP contribution in [0.3, 0.4) is 0 Å². The van der Waals surface area contributed by atoms with Crippen LogP contribution in [-0.2, 0) is 0 Å². The smallest absolute Gasteiger partial charge is 0.265 e. The van der Waals surface area contributed by atoms with Crippen LogP contribution in [0, 0.1) is 13.8 Å². The Balaban J connectivity index is 2.69. The molecule has 0 N–H and O–H groups in total. The maximum absolute atomic E-state index is 11.5. The summed E-state index contributed by atoms with van der Waals surface area (Å²) >= 11 is 1.43. The monoisotopic (exact) mass is 205 g/mol. The quantitative estimate of drug-likeness (QED) is 0.701. The number of aromatic nitrogens is 1. The zero-order chi connectivity index (χ0) is 10.1. The van der Waals surface area contributed by atoms with Crippen molar-refractivity contribution in [3.63, 3.8) is 0 Å². The van der Waals surface area contributed by atoms with Crippen molar-refractivity contribution in [2.75, 3.05) is 0 Å². The molecule has 0 aliphatic carbocycles. The van der Waals surface area contributed by atoms with Gasteiger partial charge in [0.2, 0.25) is 0 Å². The van der Waals surface area contributed by atoms with Gasteiger partial charge in [0.1, 0.15) is 0 Å². The molecule has 3 heteroatoms. The van der Waals surface area contributed by atoms with E-state index in [2.05, 4.69) is 13.0 Å². The lowest BCUT2D eigenvalue weighted by Crippen LogP contribution is -2.10. The first-order chi connectivity index (χ1) is 6.70. The van der Waals surface area contributed by atoms with Gasteiger partial charge in [0.05, 0.1) is 5.69 Å². The second-order valence-corrected chi connectivity index (χ2v) is 4.11. The third kappa shape index (κ3) is 1.40. The maximum Gasteiger partial charge on any atom is 0.265 e. The van der Waals surface area contributed by atoms with Gasteiger partial charge in [-0.2, -0.15) is 0 Å². The van der Waals surface area contributed by atoms with Gasteiger partial charge in [-0.25, -0.2) is 3.96 Å². The van der Waals surface area contributed by atoms with Crippen LogP contribution in [0.25, 0.3) is 5.69 Å². The Morgan fingerprint density at radius 1 is 1.21 bits per heavy atom. The average molecular weight is 205 g/mol. The molecule has 0 saturated heterocycles. The van der Waals surface area contributed by atoms with Crippen LogP contribution >= 0.6 is 11.5 Å². The highest BCUT2D eigenvalue weighted by atomic mass is 32.1. The number of nitrogens with zero attached hydrogens (tertiary/aromatic N) is 1. The molecule has 2 aromatic rings. The second-order valence-electron chi connectivity index (χ2n) is 3.26. The van der Waals surface area contributed by atoms with E-state index in [0.717, 1.165) is 11.3 Å². The summed E-state index contributed by atoms with van der Waals surface area (Å²) in [5.41, 5.74) is 3.41. The summed E-state index contributed by atoms with van der Waals surface area (Å²) in [7, 11) is 0. The molecule has 0 atom stereocenters. The van der Waals surface area contributed by atoms with Crippen LogP contribution in [0.4, 0.5) is 0 Å². The van der Waals surface area contributed by atoms with E-state index in [1.165, 1.54) is 17.1 Å². The zero-order valence-electron chi connectivity index (χ0n) is 8.15. The number of benzene rings is 1. The topological polar surface area (TPSA) is 22.0 Å². The molecule has 0 saturated carbocycles. The summed E-state index contributed by atoms with van der Waals surface area (Å²) in [5, 5.41) is 1.81. The van der Waals surface area contributed by atoms with Crippen LogP contribution in [0.15, 0.2) is 34.4 Å². The molecule has 0 bridgehead atoms. The standard InChI is InChI=1S/C11H11NOS/c1-8-4-3-5-10(9(8)2)12-11(13)6-7-14-12/h3-7H,1-2H3. The van der Waals surface area contributed by atoms with E-state index in [4.69, 9.17) is 0 Å². The Kier molecular flexibility index (Phi) is 2.25. The van der Waals surface area contributed by atoms with Crippen molar-refractivity contribution in [2.45, 2.75) is 13.8 Å². The molecule has 1 aromatic carbocycles. The van der Waals surface area contributed by atoms with Crippen molar-refractivity contribution in [2.24, 2.45) is 0 Å². The van der Waals surface area contributed by atoms with Crippen LogP contribution in [0.5, 0.6) is 0 Å². The Morgan fingerprint density at radius 3 is 2.64 bits per heavy atom. The minimum Gasteiger partial charge on any atom is -0.268 e. The number of hydrogen-bond donors (Lipinski definition) is 0. The number of rotatable bonds is 1. The second kappa shape index (κ2) is 3.42. The fraction of sp³-hybridized carbons (Fsp3) is 0.182. The van der Waals surface area contributed by atoms with Gasteiger partial charge in [-0.1, -0.05) is 23.7 Å². The molecule has 2 nitrogen and oxygen atoms in total. The molecule has 72 valence electrons. The van der Waals surface area contributed by atoms with E-state index in [1.54, 1.807) is 10.0 Å². The molecular formula is C11H11NOS. The summed E-state index contributed by atoms with van der Waals surface area (Å²) in [4.78, 5) is 11.5. The van der Waals surface area contributed by atoms with E-state index >= 15 is 0 Å². The largest absolute Gasteiger partial charge is 0.268 e. The van der Waals surface area contributed by atoms with Crippen molar-refractivity contribution >= 4 is 11.5 Å². The Hall–Kier alpha value is -1.35. The Labute approximate surface area is 86.6 Å². The van der Waals surface area contributed by atoms with Crippen molar-refractivity contribution in [1.82, 2.24) is 3.96 Å². The first kappa shape index (κ1) is 9.21. The van der Waals surface area contributed by atoms with Gasteiger partial charge < -0.3 is 0 Å². The first-order valence-corrected chi connectivity index (χ1v) is 5.27. The van der Waals surface area contributed by atoms with Crippen LogP contribution in [0.1, 0.15) is 11.1 Å². The normalized spacial score (nSPS) is 10.4. The van der Waals surface area contributed by atoms with E-state index in [9.17, 15) is 4.79 Å². The van der Waals surface area contributed by atoms with E-state index < -0.39 is 0 Å². The van der Waals surface area contributed by atoms with Crippen LogP contribution in [-0.4, -0.2) is 3.96 Å². The molecule has 0 fully saturated rings. The van der Waals surface area contributed by atoms with Gasteiger partial charge in [0, 0.05) is 11.4 Å². The lowest BCUT2D eigenvalue weighted by Gasteiger charge is -2.07. The molecule has 0 aliphatic rings. The highest BCUT2D eigenvalue weighted by Gasteiger charge is 2.04. The minimum atomic E-state index is 0.0451. The lowest BCUT2D eigenvalue weighted by atomic mass is 10.1. The van der Waals surface area contributed by atoms with E-state index in [-0.39, 0.29) is 5.56 Å². The fourth-order valence-electron chi connectivity index (χ4n) is 1.40. The molecule has 2 rings (SSSR count). The molecular weight excluding hydrogens is 194 g/mol. The van der Waals surface area contributed by atoms with E-state index in [1.807, 2.05) is 24.4 Å². The van der Waals surface area contributed by atoms with Crippen molar-refractivity contribution in [3.8, 4) is 5.69 Å². The average Bonchev–Trinajstić information content (AvgIpc) is 2.57. The highest BCUT2D eigenvalue weighted by molar-refractivity contribution is 7.04. The third-order valence-electron chi connectivity index (χ3n) is 2.37. The first-order valence-electron chi connectivity index (χ1n) is 4.44.